The van der Waals surface area contributed by atoms with Gasteiger partial charge in [-0.2, -0.15) is 0 Å². The molecule has 1 unspecified atom stereocenters. The molecular formula is C15H18N4O2. The lowest BCUT2D eigenvalue weighted by molar-refractivity contribution is -0.119. The number of nitrogens with zero attached hydrogens (tertiary/aromatic N) is 1. The average molecular weight is 286 g/mol. The van der Waals surface area contributed by atoms with Gasteiger partial charge in [0.05, 0.1) is 5.52 Å². The number of hydrogen-bond donors (Lipinski definition) is 3. The fourth-order valence-corrected chi connectivity index (χ4v) is 1.97. The zero-order chi connectivity index (χ0) is 15.4. The summed E-state index contributed by atoms with van der Waals surface area (Å²) in [5.41, 5.74) is 6.94. The molecule has 0 radical (unpaired) electrons. The summed E-state index contributed by atoms with van der Waals surface area (Å²) in [6.45, 7) is 4.24. The normalized spacial score (nSPS) is 11.9. The molecule has 0 spiro atoms. The largest absolute Gasteiger partial charge is 0.385 e. The van der Waals surface area contributed by atoms with E-state index in [0.29, 0.717) is 5.52 Å². The molecule has 6 heteroatoms. The highest BCUT2D eigenvalue weighted by atomic mass is 16.2. The van der Waals surface area contributed by atoms with Crippen molar-refractivity contribution in [3.63, 3.8) is 0 Å². The first kappa shape index (κ1) is 14.8. The molecule has 0 aliphatic rings. The van der Waals surface area contributed by atoms with Crippen LogP contribution in [-0.2, 0) is 4.79 Å². The van der Waals surface area contributed by atoms with Crippen LogP contribution < -0.4 is 16.4 Å². The van der Waals surface area contributed by atoms with Crippen molar-refractivity contribution in [3.8, 4) is 0 Å². The van der Waals surface area contributed by atoms with Crippen molar-refractivity contribution in [2.75, 3.05) is 11.9 Å². The van der Waals surface area contributed by atoms with Gasteiger partial charge in [-0.1, -0.05) is 18.2 Å². The standard InChI is InChI=1S/C15H18N4O2/c1-3-17-12-8-13(15(21)18-9(2)14(16)20)19-11-7-5-4-6-10(11)12/h4-9H,3H2,1-2H3,(H2,16,20)(H,17,19)(H,18,21). The van der Waals surface area contributed by atoms with E-state index in [1.807, 2.05) is 31.2 Å². The van der Waals surface area contributed by atoms with Gasteiger partial charge in [-0.3, -0.25) is 9.59 Å². The second-order valence-corrected chi connectivity index (χ2v) is 4.70. The maximum atomic E-state index is 12.2. The lowest BCUT2D eigenvalue weighted by Gasteiger charge is -2.12. The van der Waals surface area contributed by atoms with Crippen molar-refractivity contribution in [3.05, 3.63) is 36.0 Å². The van der Waals surface area contributed by atoms with E-state index in [1.165, 1.54) is 6.92 Å². The van der Waals surface area contributed by atoms with Crippen LogP contribution in [0.25, 0.3) is 10.9 Å². The summed E-state index contributed by atoms with van der Waals surface area (Å²) in [6.07, 6.45) is 0. The van der Waals surface area contributed by atoms with Crippen LogP contribution in [0.3, 0.4) is 0 Å². The molecule has 1 atom stereocenters. The first-order chi connectivity index (χ1) is 10.0. The number of rotatable bonds is 5. The summed E-state index contributed by atoms with van der Waals surface area (Å²) < 4.78 is 0. The van der Waals surface area contributed by atoms with Crippen LogP contribution in [0.2, 0.25) is 0 Å². The van der Waals surface area contributed by atoms with Gasteiger partial charge in [-0.05, 0) is 26.0 Å². The van der Waals surface area contributed by atoms with Crippen molar-refractivity contribution >= 4 is 28.4 Å². The van der Waals surface area contributed by atoms with E-state index in [9.17, 15) is 9.59 Å². The number of pyridine rings is 1. The molecule has 4 N–H and O–H groups in total. The molecule has 21 heavy (non-hydrogen) atoms. The molecule has 2 aromatic rings. The number of carbonyl (C=O) groups is 2. The number of para-hydroxylation sites is 1. The fourth-order valence-electron chi connectivity index (χ4n) is 1.97. The molecule has 6 nitrogen and oxygen atoms in total. The summed E-state index contributed by atoms with van der Waals surface area (Å²) in [4.78, 5) is 27.5. The number of primary amides is 1. The smallest absolute Gasteiger partial charge is 0.270 e. The number of anilines is 1. The zero-order valence-corrected chi connectivity index (χ0v) is 12.0. The van der Waals surface area contributed by atoms with Crippen molar-refractivity contribution in [2.24, 2.45) is 5.73 Å². The number of nitrogens with two attached hydrogens (primary N) is 1. The summed E-state index contributed by atoms with van der Waals surface area (Å²) in [6, 6.07) is 8.49. The number of fused-ring (bicyclic) bond motifs is 1. The molecule has 0 fully saturated rings. The summed E-state index contributed by atoms with van der Waals surface area (Å²) in [5, 5.41) is 6.68. The van der Waals surface area contributed by atoms with Gasteiger partial charge in [0.15, 0.2) is 0 Å². The van der Waals surface area contributed by atoms with E-state index >= 15 is 0 Å². The topological polar surface area (TPSA) is 97.1 Å². The van der Waals surface area contributed by atoms with Crippen molar-refractivity contribution < 1.29 is 9.59 Å². The fraction of sp³-hybridized carbons (Fsp3) is 0.267. The predicted molar refractivity (Wildman–Crippen MR) is 82.0 cm³/mol. The zero-order valence-electron chi connectivity index (χ0n) is 12.0. The minimum atomic E-state index is -0.742. The number of benzene rings is 1. The second-order valence-electron chi connectivity index (χ2n) is 4.70. The highest BCUT2D eigenvalue weighted by Crippen LogP contribution is 2.23. The van der Waals surface area contributed by atoms with E-state index in [-0.39, 0.29) is 5.69 Å². The third-order valence-corrected chi connectivity index (χ3v) is 3.09. The van der Waals surface area contributed by atoms with Crippen molar-refractivity contribution in [1.29, 1.82) is 0 Å². The first-order valence-corrected chi connectivity index (χ1v) is 6.76. The molecule has 110 valence electrons. The van der Waals surface area contributed by atoms with Crippen LogP contribution in [0.5, 0.6) is 0 Å². The Morgan fingerprint density at radius 1 is 1.33 bits per heavy atom. The first-order valence-electron chi connectivity index (χ1n) is 6.76. The molecule has 2 rings (SSSR count). The molecule has 1 aromatic carbocycles. The highest BCUT2D eigenvalue weighted by Gasteiger charge is 2.16. The number of aromatic nitrogens is 1. The quantitative estimate of drug-likeness (QED) is 0.771. The molecule has 2 amide bonds. The minimum Gasteiger partial charge on any atom is -0.385 e. The Kier molecular flexibility index (Phi) is 4.37. The van der Waals surface area contributed by atoms with Gasteiger partial charge in [0.1, 0.15) is 11.7 Å². The Bertz CT molecular complexity index is 684. The molecule has 0 saturated heterocycles. The SMILES string of the molecule is CCNc1cc(C(=O)NC(C)C(N)=O)nc2ccccc12. The predicted octanol–water partition coefficient (Wildman–Crippen LogP) is 1.27. The van der Waals surface area contributed by atoms with Gasteiger partial charge in [0, 0.05) is 17.6 Å². The minimum absolute atomic E-state index is 0.248. The summed E-state index contributed by atoms with van der Waals surface area (Å²) in [7, 11) is 0. The van der Waals surface area contributed by atoms with Crippen LogP contribution in [0, 0.1) is 0 Å². The molecule has 0 aliphatic heterocycles. The van der Waals surface area contributed by atoms with Crippen LogP contribution in [0.4, 0.5) is 5.69 Å². The van der Waals surface area contributed by atoms with E-state index in [4.69, 9.17) is 5.73 Å². The van der Waals surface area contributed by atoms with E-state index in [0.717, 1.165) is 17.6 Å². The Balaban J connectivity index is 2.40. The second kappa shape index (κ2) is 6.21. The monoisotopic (exact) mass is 286 g/mol. The van der Waals surface area contributed by atoms with Crippen molar-refractivity contribution in [2.45, 2.75) is 19.9 Å². The molecular weight excluding hydrogens is 268 g/mol. The Labute approximate surface area is 122 Å². The van der Waals surface area contributed by atoms with Gasteiger partial charge in [-0.25, -0.2) is 4.98 Å². The number of carbonyl (C=O) groups excluding carboxylic acids is 2. The Morgan fingerprint density at radius 3 is 2.71 bits per heavy atom. The lowest BCUT2D eigenvalue weighted by Crippen LogP contribution is -2.42. The van der Waals surface area contributed by atoms with Gasteiger partial charge < -0.3 is 16.4 Å². The van der Waals surface area contributed by atoms with Crippen LogP contribution in [-0.4, -0.2) is 29.4 Å². The number of hydrogen-bond acceptors (Lipinski definition) is 4. The maximum Gasteiger partial charge on any atom is 0.270 e. The molecule has 0 saturated carbocycles. The van der Waals surface area contributed by atoms with Crippen LogP contribution >= 0.6 is 0 Å². The van der Waals surface area contributed by atoms with Gasteiger partial charge in [0.25, 0.3) is 5.91 Å². The van der Waals surface area contributed by atoms with E-state index < -0.39 is 17.9 Å². The maximum absolute atomic E-state index is 12.2. The summed E-state index contributed by atoms with van der Waals surface area (Å²) >= 11 is 0. The molecule has 1 heterocycles. The Morgan fingerprint density at radius 2 is 2.05 bits per heavy atom. The van der Waals surface area contributed by atoms with Crippen LogP contribution in [0.15, 0.2) is 30.3 Å². The average Bonchev–Trinajstić information content (AvgIpc) is 2.47. The Hall–Kier alpha value is -2.63. The highest BCUT2D eigenvalue weighted by molar-refractivity contribution is 6.01. The molecule has 1 aromatic heterocycles. The summed E-state index contributed by atoms with van der Waals surface area (Å²) in [5.74, 6) is -1.01. The van der Waals surface area contributed by atoms with Gasteiger partial charge >= 0.3 is 0 Å². The van der Waals surface area contributed by atoms with Crippen molar-refractivity contribution in [1.82, 2.24) is 10.3 Å². The van der Waals surface area contributed by atoms with Crippen LogP contribution in [0.1, 0.15) is 24.3 Å². The molecule has 0 bridgehead atoms. The molecule has 0 aliphatic carbocycles. The number of nitrogens with one attached hydrogen (secondary N) is 2. The van der Waals surface area contributed by atoms with E-state index in [2.05, 4.69) is 15.6 Å². The number of amides is 2. The third kappa shape index (κ3) is 3.28. The van der Waals surface area contributed by atoms with E-state index in [1.54, 1.807) is 6.07 Å². The van der Waals surface area contributed by atoms with Gasteiger partial charge in [-0.15, -0.1) is 0 Å². The third-order valence-electron chi connectivity index (χ3n) is 3.09. The lowest BCUT2D eigenvalue weighted by atomic mass is 10.1. The van der Waals surface area contributed by atoms with Gasteiger partial charge in [0.2, 0.25) is 5.91 Å².